The van der Waals surface area contributed by atoms with E-state index in [-0.39, 0.29) is 6.03 Å². The molecule has 2 fully saturated rings. The highest BCUT2D eigenvalue weighted by molar-refractivity contribution is 5.83. The molecule has 1 heterocycles. The van der Waals surface area contributed by atoms with Crippen molar-refractivity contribution in [1.29, 1.82) is 0 Å². The van der Waals surface area contributed by atoms with Crippen LogP contribution in [-0.2, 0) is 4.79 Å². The lowest BCUT2D eigenvalue weighted by Crippen LogP contribution is -2.54. The van der Waals surface area contributed by atoms with Crippen molar-refractivity contribution in [2.24, 2.45) is 11.3 Å². The third-order valence-corrected chi connectivity index (χ3v) is 4.65. The number of carbonyl (C=O) groups is 2. The van der Waals surface area contributed by atoms with Gasteiger partial charge in [0.1, 0.15) is 6.04 Å². The Hall–Kier alpha value is -1.26. The van der Waals surface area contributed by atoms with E-state index in [1.54, 1.807) is 0 Å². The van der Waals surface area contributed by atoms with Gasteiger partial charge >= 0.3 is 12.0 Å². The number of fused-ring (bicyclic) bond motifs is 1. The van der Waals surface area contributed by atoms with Gasteiger partial charge in [-0.05, 0) is 30.6 Å². The molecule has 0 aromatic rings. The van der Waals surface area contributed by atoms with Gasteiger partial charge in [0.15, 0.2) is 0 Å². The van der Waals surface area contributed by atoms with E-state index in [1.807, 2.05) is 25.7 Å². The maximum Gasteiger partial charge on any atom is 0.326 e. The predicted octanol–water partition coefficient (Wildman–Crippen LogP) is 2.46. The average molecular weight is 282 g/mol. The Morgan fingerprint density at radius 2 is 1.85 bits per heavy atom. The van der Waals surface area contributed by atoms with E-state index in [1.165, 1.54) is 19.3 Å². The summed E-state index contributed by atoms with van der Waals surface area (Å²) in [6, 6.07) is -0.738. The zero-order valence-corrected chi connectivity index (χ0v) is 12.7. The number of hydrogen-bond acceptors (Lipinski definition) is 2. The molecule has 20 heavy (non-hydrogen) atoms. The summed E-state index contributed by atoms with van der Waals surface area (Å²) in [5.74, 6) is -0.349. The SMILES string of the molecule is CC(C)(C)C(NC(=O)N1CCC2CCCCC21)C(=O)O. The number of carbonyl (C=O) groups excluding carboxylic acids is 1. The molecule has 0 bridgehead atoms. The van der Waals surface area contributed by atoms with Crippen molar-refractivity contribution in [2.45, 2.75) is 65.0 Å². The number of carboxylic acid groups (broad SMARTS) is 1. The number of urea groups is 1. The van der Waals surface area contributed by atoms with Crippen LogP contribution in [0.5, 0.6) is 0 Å². The number of nitrogens with one attached hydrogen (secondary N) is 1. The number of likely N-dealkylation sites (tertiary alicyclic amines) is 1. The lowest BCUT2D eigenvalue weighted by molar-refractivity contribution is -0.142. The fraction of sp³-hybridized carbons (Fsp3) is 0.867. The minimum atomic E-state index is -0.967. The molecule has 1 saturated carbocycles. The quantitative estimate of drug-likeness (QED) is 0.817. The Kier molecular flexibility index (Phi) is 4.25. The third-order valence-electron chi connectivity index (χ3n) is 4.65. The summed E-state index contributed by atoms with van der Waals surface area (Å²) < 4.78 is 0. The fourth-order valence-electron chi connectivity index (χ4n) is 3.51. The Labute approximate surface area is 120 Å². The maximum atomic E-state index is 12.4. The number of nitrogens with zero attached hydrogens (tertiary/aromatic N) is 1. The van der Waals surface area contributed by atoms with E-state index in [0.717, 1.165) is 19.4 Å². The van der Waals surface area contributed by atoms with Crippen molar-refractivity contribution < 1.29 is 14.7 Å². The predicted molar refractivity (Wildman–Crippen MR) is 76.5 cm³/mol. The van der Waals surface area contributed by atoms with Crippen LogP contribution in [0.3, 0.4) is 0 Å². The average Bonchev–Trinajstić information content (AvgIpc) is 2.77. The molecular weight excluding hydrogens is 256 g/mol. The van der Waals surface area contributed by atoms with Crippen LogP contribution in [0.15, 0.2) is 0 Å². The topological polar surface area (TPSA) is 69.6 Å². The largest absolute Gasteiger partial charge is 0.480 e. The molecule has 2 amide bonds. The van der Waals surface area contributed by atoms with Crippen LogP contribution in [-0.4, -0.2) is 40.6 Å². The second kappa shape index (κ2) is 5.62. The summed E-state index contributed by atoms with van der Waals surface area (Å²) in [5.41, 5.74) is -0.493. The molecule has 2 aliphatic rings. The molecule has 0 radical (unpaired) electrons. The summed E-state index contributed by atoms with van der Waals surface area (Å²) in [7, 11) is 0. The molecule has 5 heteroatoms. The van der Waals surface area contributed by atoms with Crippen LogP contribution < -0.4 is 5.32 Å². The number of carboxylic acids is 1. The van der Waals surface area contributed by atoms with E-state index in [0.29, 0.717) is 12.0 Å². The van der Waals surface area contributed by atoms with Crippen LogP contribution in [0.25, 0.3) is 0 Å². The van der Waals surface area contributed by atoms with Crippen LogP contribution in [0.4, 0.5) is 4.79 Å². The molecule has 3 unspecified atom stereocenters. The number of rotatable bonds is 2. The number of aliphatic carboxylic acids is 1. The second-order valence-electron chi connectivity index (χ2n) is 7.18. The van der Waals surface area contributed by atoms with Crippen molar-refractivity contribution in [3.63, 3.8) is 0 Å². The Morgan fingerprint density at radius 3 is 2.45 bits per heavy atom. The molecule has 1 saturated heterocycles. The van der Waals surface area contributed by atoms with Gasteiger partial charge in [0.25, 0.3) is 0 Å². The van der Waals surface area contributed by atoms with Gasteiger partial charge in [-0.15, -0.1) is 0 Å². The standard InChI is InChI=1S/C15H26N2O3/c1-15(2,3)12(13(18)19)16-14(20)17-9-8-10-6-4-5-7-11(10)17/h10-12H,4-9H2,1-3H3,(H,16,20)(H,18,19). The molecule has 5 nitrogen and oxygen atoms in total. The van der Waals surface area contributed by atoms with Crippen molar-refractivity contribution in [1.82, 2.24) is 10.2 Å². The van der Waals surface area contributed by atoms with Crippen LogP contribution in [0.1, 0.15) is 52.9 Å². The molecule has 114 valence electrons. The molecule has 0 spiro atoms. The van der Waals surface area contributed by atoms with Crippen molar-refractivity contribution >= 4 is 12.0 Å². The lowest BCUT2D eigenvalue weighted by Gasteiger charge is -2.34. The van der Waals surface area contributed by atoms with E-state index in [4.69, 9.17) is 0 Å². The number of amides is 2. The van der Waals surface area contributed by atoms with Gasteiger partial charge < -0.3 is 15.3 Å². The van der Waals surface area contributed by atoms with Crippen molar-refractivity contribution in [2.75, 3.05) is 6.54 Å². The molecule has 2 rings (SSSR count). The van der Waals surface area contributed by atoms with Gasteiger partial charge in [-0.2, -0.15) is 0 Å². The van der Waals surface area contributed by atoms with Crippen molar-refractivity contribution in [3.05, 3.63) is 0 Å². The van der Waals surface area contributed by atoms with Gasteiger partial charge in [0.2, 0.25) is 0 Å². The monoisotopic (exact) mass is 282 g/mol. The second-order valence-corrected chi connectivity index (χ2v) is 7.18. The zero-order chi connectivity index (χ0) is 14.9. The Morgan fingerprint density at radius 1 is 1.20 bits per heavy atom. The summed E-state index contributed by atoms with van der Waals surface area (Å²) in [6.45, 7) is 6.26. The van der Waals surface area contributed by atoms with E-state index in [2.05, 4.69) is 5.32 Å². The highest BCUT2D eigenvalue weighted by Crippen LogP contribution is 2.36. The highest BCUT2D eigenvalue weighted by atomic mass is 16.4. The number of hydrogen-bond donors (Lipinski definition) is 2. The fourth-order valence-corrected chi connectivity index (χ4v) is 3.51. The van der Waals surface area contributed by atoms with Gasteiger partial charge in [-0.1, -0.05) is 33.6 Å². The minimum absolute atomic E-state index is 0.207. The Bertz CT molecular complexity index is 389. The molecule has 2 N–H and O–H groups in total. The first kappa shape index (κ1) is 15.1. The normalized spacial score (nSPS) is 27.9. The first-order valence-electron chi connectivity index (χ1n) is 7.60. The van der Waals surface area contributed by atoms with Gasteiger partial charge in [-0.3, -0.25) is 0 Å². The summed E-state index contributed by atoms with van der Waals surface area (Å²) in [6.07, 6.45) is 5.76. The highest BCUT2D eigenvalue weighted by Gasteiger charge is 2.40. The molecular formula is C15H26N2O3. The molecule has 1 aliphatic heterocycles. The van der Waals surface area contributed by atoms with E-state index < -0.39 is 17.4 Å². The summed E-state index contributed by atoms with van der Waals surface area (Å²) >= 11 is 0. The Balaban J connectivity index is 2.02. The maximum absolute atomic E-state index is 12.4. The van der Waals surface area contributed by atoms with Gasteiger partial charge in [0, 0.05) is 12.6 Å². The van der Waals surface area contributed by atoms with E-state index in [9.17, 15) is 14.7 Å². The molecule has 0 aromatic heterocycles. The minimum Gasteiger partial charge on any atom is -0.480 e. The van der Waals surface area contributed by atoms with Gasteiger partial charge in [-0.25, -0.2) is 9.59 Å². The van der Waals surface area contributed by atoms with Crippen LogP contribution in [0, 0.1) is 11.3 Å². The molecule has 0 aromatic carbocycles. The van der Waals surface area contributed by atoms with Gasteiger partial charge in [0.05, 0.1) is 0 Å². The summed E-state index contributed by atoms with van der Waals surface area (Å²) in [5, 5.41) is 12.0. The summed E-state index contributed by atoms with van der Waals surface area (Å²) in [4.78, 5) is 25.6. The lowest BCUT2D eigenvalue weighted by atomic mass is 9.85. The molecule has 1 aliphatic carbocycles. The van der Waals surface area contributed by atoms with Crippen LogP contribution in [0.2, 0.25) is 0 Å². The third kappa shape index (κ3) is 3.07. The molecule has 3 atom stereocenters. The zero-order valence-electron chi connectivity index (χ0n) is 12.7. The first-order chi connectivity index (χ1) is 9.30. The van der Waals surface area contributed by atoms with Crippen LogP contribution >= 0.6 is 0 Å². The first-order valence-corrected chi connectivity index (χ1v) is 7.60. The van der Waals surface area contributed by atoms with E-state index >= 15 is 0 Å². The van der Waals surface area contributed by atoms with Crippen molar-refractivity contribution in [3.8, 4) is 0 Å². The smallest absolute Gasteiger partial charge is 0.326 e.